The van der Waals surface area contributed by atoms with E-state index in [0.29, 0.717) is 13.1 Å². The molecule has 2 N–H and O–H groups in total. The Bertz CT molecular complexity index is 243. The highest BCUT2D eigenvalue weighted by molar-refractivity contribution is 5.75. The van der Waals surface area contributed by atoms with Crippen molar-refractivity contribution in [3.8, 4) is 0 Å². The first-order valence-corrected chi connectivity index (χ1v) is 5.43. The van der Waals surface area contributed by atoms with Gasteiger partial charge in [-0.1, -0.05) is 6.92 Å². The molecule has 0 spiro atoms. The Hall–Kier alpha value is -1.26. The van der Waals surface area contributed by atoms with E-state index in [9.17, 15) is 9.59 Å². The summed E-state index contributed by atoms with van der Waals surface area (Å²) in [5.41, 5.74) is 0. The summed E-state index contributed by atoms with van der Waals surface area (Å²) < 4.78 is 0. The lowest BCUT2D eigenvalue weighted by molar-refractivity contribution is -0.127. The zero-order valence-corrected chi connectivity index (χ0v) is 9.38. The molecule has 1 saturated heterocycles. The number of hydrogen-bond acceptors (Lipinski definition) is 2. The van der Waals surface area contributed by atoms with Gasteiger partial charge in [0.25, 0.3) is 0 Å². The van der Waals surface area contributed by atoms with E-state index >= 15 is 0 Å². The highest BCUT2D eigenvalue weighted by Gasteiger charge is 2.24. The third-order valence-corrected chi connectivity index (χ3v) is 2.50. The Morgan fingerprint density at radius 2 is 2.20 bits per heavy atom. The van der Waals surface area contributed by atoms with Gasteiger partial charge >= 0.3 is 6.03 Å². The van der Waals surface area contributed by atoms with Crippen molar-refractivity contribution in [1.82, 2.24) is 15.5 Å². The summed E-state index contributed by atoms with van der Waals surface area (Å²) >= 11 is 0. The second kappa shape index (κ2) is 5.58. The molecule has 0 aromatic rings. The van der Waals surface area contributed by atoms with Crippen LogP contribution in [0.15, 0.2) is 0 Å². The van der Waals surface area contributed by atoms with Crippen LogP contribution in [-0.2, 0) is 4.79 Å². The van der Waals surface area contributed by atoms with E-state index in [0.717, 1.165) is 19.4 Å². The van der Waals surface area contributed by atoms with Crippen LogP contribution in [0.2, 0.25) is 0 Å². The fraction of sp³-hybridized carbons (Fsp3) is 0.800. The van der Waals surface area contributed by atoms with Crippen LogP contribution in [0.25, 0.3) is 0 Å². The Morgan fingerprint density at radius 3 is 2.73 bits per heavy atom. The van der Waals surface area contributed by atoms with Crippen molar-refractivity contribution in [2.75, 3.05) is 19.6 Å². The summed E-state index contributed by atoms with van der Waals surface area (Å²) in [5.74, 6) is 0.0771. The van der Waals surface area contributed by atoms with Crippen molar-refractivity contribution >= 4 is 11.9 Å². The molecule has 1 heterocycles. The largest absolute Gasteiger partial charge is 0.341 e. The van der Waals surface area contributed by atoms with Crippen molar-refractivity contribution in [3.05, 3.63) is 0 Å². The van der Waals surface area contributed by atoms with Crippen molar-refractivity contribution in [2.24, 2.45) is 0 Å². The highest BCUT2D eigenvalue weighted by Crippen LogP contribution is 2.08. The van der Waals surface area contributed by atoms with Gasteiger partial charge in [0.15, 0.2) is 0 Å². The van der Waals surface area contributed by atoms with Gasteiger partial charge in [0.05, 0.1) is 0 Å². The number of nitrogens with one attached hydrogen (secondary N) is 2. The average molecular weight is 213 g/mol. The second-order valence-corrected chi connectivity index (χ2v) is 3.85. The maximum Gasteiger partial charge on any atom is 0.315 e. The summed E-state index contributed by atoms with van der Waals surface area (Å²) in [6.07, 6.45) is 1.77. The molecular formula is C10H19N3O2. The second-order valence-electron chi connectivity index (χ2n) is 3.85. The predicted octanol–water partition coefficient (Wildman–Crippen LogP) is 0.316. The molecule has 1 aliphatic rings. The van der Waals surface area contributed by atoms with E-state index in [4.69, 9.17) is 0 Å². The monoisotopic (exact) mass is 213 g/mol. The first kappa shape index (κ1) is 11.8. The fourth-order valence-electron chi connectivity index (χ4n) is 1.64. The third kappa shape index (κ3) is 3.77. The number of likely N-dealkylation sites (tertiary alicyclic amines) is 1. The number of urea groups is 1. The van der Waals surface area contributed by atoms with Gasteiger partial charge in [-0.2, -0.15) is 0 Å². The first-order valence-electron chi connectivity index (χ1n) is 5.43. The quantitative estimate of drug-likeness (QED) is 0.709. The van der Waals surface area contributed by atoms with E-state index in [2.05, 4.69) is 10.6 Å². The Morgan fingerprint density at radius 1 is 1.47 bits per heavy atom. The van der Waals surface area contributed by atoms with Crippen LogP contribution in [0.5, 0.6) is 0 Å². The van der Waals surface area contributed by atoms with Gasteiger partial charge in [0.1, 0.15) is 0 Å². The maximum atomic E-state index is 11.3. The lowest BCUT2D eigenvalue weighted by Crippen LogP contribution is -2.43. The minimum Gasteiger partial charge on any atom is -0.341 e. The molecule has 0 aromatic carbocycles. The molecule has 1 rings (SSSR count). The summed E-state index contributed by atoms with van der Waals surface area (Å²) in [4.78, 5) is 24.1. The van der Waals surface area contributed by atoms with Crippen molar-refractivity contribution in [3.63, 3.8) is 0 Å². The topological polar surface area (TPSA) is 61.4 Å². The minimum absolute atomic E-state index is 0.0771. The van der Waals surface area contributed by atoms with E-state index in [-0.39, 0.29) is 18.0 Å². The van der Waals surface area contributed by atoms with Gasteiger partial charge in [-0.05, 0) is 12.8 Å². The minimum atomic E-state index is -0.132. The Kier molecular flexibility index (Phi) is 4.39. The number of carbonyl (C=O) groups is 2. The average Bonchev–Trinajstić information content (AvgIpc) is 2.63. The SMILES string of the molecule is CCCNC(=O)NC1CCN(C(C)=O)C1. The number of carbonyl (C=O) groups excluding carboxylic acids is 2. The number of nitrogens with zero attached hydrogens (tertiary/aromatic N) is 1. The van der Waals surface area contributed by atoms with Crippen molar-refractivity contribution in [1.29, 1.82) is 0 Å². The highest BCUT2D eigenvalue weighted by atomic mass is 16.2. The van der Waals surface area contributed by atoms with Crippen LogP contribution in [-0.4, -0.2) is 42.5 Å². The molecule has 0 saturated carbocycles. The normalized spacial score (nSPS) is 20.1. The molecule has 1 aliphatic heterocycles. The standard InChI is InChI=1S/C10H19N3O2/c1-3-5-11-10(15)12-9-4-6-13(7-9)8(2)14/h9H,3-7H2,1-2H3,(H2,11,12,15). The first-order chi connectivity index (χ1) is 7.13. The summed E-state index contributed by atoms with van der Waals surface area (Å²) in [7, 11) is 0. The summed E-state index contributed by atoms with van der Waals surface area (Å²) in [6, 6.07) is -0.0296. The van der Waals surface area contributed by atoms with Crippen LogP contribution >= 0.6 is 0 Å². The van der Waals surface area contributed by atoms with Crippen molar-refractivity contribution in [2.45, 2.75) is 32.7 Å². The summed E-state index contributed by atoms with van der Waals surface area (Å²) in [5, 5.41) is 5.60. The van der Waals surface area contributed by atoms with Crippen LogP contribution in [0.1, 0.15) is 26.7 Å². The zero-order chi connectivity index (χ0) is 11.3. The summed E-state index contributed by atoms with van der Waals surface area (Å²) in [6.45, 7) is 5.63. The van der Waals surface area contributed by atoms with Gasteiger partial charge in [0, 0.05) is 32.6 Å². The molecule has 0 aromatic heterocycles. The van der Waals surface area contributed by atoms with Crippen LogP contribution < -0.4 is 10.6 Å². The van der Waals surface area contributed by atoms with Crippen LogP contribution in [0.4, 0.5) is 4.79 Å². The number of hydrogen-bond donors (Lipinski definition) is 2. The molecule has 0 bridgehead atoms. The Balaban J connectivity index is 2.23. The van der Waals surface area contributed by atoms with E-state index in [1.165, 1.54) is 0 Å². The van der Waals surface area contributed by atoms with Gasteiger partial charge in [-0.25, -0.2) is 4.79 Å². The molecule has 1 atom stereocenters. The smallest absolute Gasteiger partial charge is 0.315 e. The molecule has 0 aliphatic carbocycles. The molecular weight excluding hydrogens is 194 g/mol. The van der Waals surface area contributed by atoms with Crippen LogP contribution in [0, 0.1) is 0 Å². The predicted molar refractivity (Wildman–Crippen MR) is 57.5 cm³/mol. The van der Waals surface area contributed by atoms with Gasteiger partial charge in [-0.3, -0.25) is 4.79 Å². The molecule has 0 radical (unpaired) electrons. The maximum absolute atomic E-state index is 11.3. The molecule has 3 amide bonds. The lowest BCUT2D eigenvalue weighted by Gasteiger charge is -2.15. The van der Waals surface area contributed by atoms with E-state index in [1.807, 2.05) is 6.92 Å². The molecule has 1 fully saturated rings. The van der Waals surface area contributed by atoms with E-state index in [1.54, 1.807) is 11.8 Å². The lowest BCUT2D eigenvalue weighted by atomic mass is 10.3. The van der Waals surface area contributed by atoms with Gasteiger partial charge in [0.2, 0.25) is 5.91 Å². The Labute approximate surface area is 90.2 Å². The third-order valence-electron chi connectivity index (χ3n) is 2.50. The van der Waals surface area contributed by atoms with Gasteiger partial charge < -0.3 is 15.5 Å². The van der Waals surface area contributed by atoms with E-state index < -0.39 is 0 Å². The number of rotatable bonds is 3. The molecule has 5 heteroatoms. The molecule has 86 valence electrons. The molecule has 5 nitrogen and oxygen atoms in total. The number of amides is 3. The van der Waals surface area contributed by atoms with Gasteiger partial charge in [-0.15, -0.1) is 0 Å². The molecule has 15 heavy (non-hydrogen) atoms. The molecule has 1 unspecified atom stereocenters. The van der Waals surface area contributed by atoms with Crippen molar-refractivity contribution < 1.29 is 9.59 Å². The van der Waals surface area contributed by atoms with Crippen LogP contribution in [0.3, 0.4) is 0 Å². The fourth-order valence-corrected chi connectivity index (χ4v) is 1.64. The zero-order valence-electron chi connectivity index (χ0n) is 9.38.